The molecule has 1 fully saturated rings. The van der Waals surface area contributed by atoms with E-state index in [0.717, 1.165) is 37.3 Å². The lowest BCUT2D eigenvalue weighted by molar-refractivity contribution is -0.135. The summed E-state index contributed by atoms with van der Waals surface area (Å²) in [6.45, 7) is 2.87. The van der Waals surface area contributed by atoms with Crippen molar-refractivity contribution in [3.63, 3.8) is 0 Å². The quantitative estimate of drug-likeness (QED) is 0.882. The summed E-state index contributed by atoms with van der Waals surface area (Å²) >= 11 is 5.87. The van der Waals surface area contributed by atoms with Gasteiger partial charge >= 0.3 is 0 Å². The predicted octanol–water partition coefficient (Wildman–Crippen LogP) is 3.81. The Morgan fingerprint density at radius 2 is 2.05 bits per heavy atom. The van der Waals surface area contributed by atoms with E-state index in [2.05, 4.69) is 0 Å². The van der Waals surface area contributed by atoms with Crippen molar-refractivity contribution >= 4 is 29.9 Å². The Balaban J connectivity index is 0.00000242. The van der Waals surface area contributed by atoms with Gasteiger partial charge in [0.1, 0.15) is 0 Å². The first kappa shape index (κ1) is 19.3. The van der Waals surface area contributed by atoms with Crippen LogP contribution in [0.2, 0.25) is 5.02 Å². The third kappa shape index (κ3) is 5.45. The number of likely N-dealkylation sites (tertiary alicyclic amines) is 1. The summed E-state index contributed by atoms with van der Waals surface area (Å²) in [5, 5.41) is 0.753. The van der Waals surface area contributed by atoms with Gasteiger partial charge < -0.3 is 10.6 Å². The fourth-order valence-electron chi connectivity index (χ4n) is 3.05. The summed E-state index contributed by atoms with van der Waals surface area (Å²) in [4.78, 5) is 14.4. The fourth-order valence-corrected chi connectivity index (χ4v) is 3.18. The summed E-state index contributed by atoms with van der Waals surface area (Å²) < 4.78 is 0. The number of carbonyl (C=O) groups is 1. The van der Waals surface area contributed by atoms with Crippen LogP contribution in [0.25, 0.3) is 0 Å². The standard InChI is InChI=1S/C17H25ClN2O.ClH/c1-13(19)16-6-2-3-12-20(16)17(21)7-4-5-14-8-10-15(18)11-9-14;/h8-11,13,16H,2-7,12,19H2,1H3;1H. The molecule has 22 heavy (non-hydrogen) atoms. The third-order valence-electron chi connectivity index (χ3n) is 4.25. The molecule has 0 radical (unpaired) electrons. The molecule has 0 saturated carbocycles. The van der Waals surface area contributed by atoms with Crippen LogP contribution < -0.4 is 5.73 Å². The normalized spacial score (nSPS) is 19.4. The maximum Gasteiger partial charge on any atom is 0.222 e. The molecule has 1 heterocycles. The number of nitrogens with two attached hydrogens (primary N) is 1. The van der Waals surface area contributed by atoms with Crippen molar-refractivity contribution in [3.8, 4) is 0 Å². The molecule has 2 unspecified atom stereocenters. The molecule has 3 nitrogen and oxygen atoms in total. The lowest BCUT2D eigenvalue weighted by Gasteiger charge is -2.38. The van der Waals surface area contributed by atoms with E-state index < -0.39 is 0 Å². The monoisotopic (exact) mass is 344 g/mol. The molecule has 1 aromatic carbocycles. The second-order valence-corrected chi connectivity index (χ2v) is 6.43. The molecule has 1 saturated heterocycles. The minimum absolute atomic E-state index is 0. The molecule has 1 aliphatic heterocycles. The van der Waals surface area contributed by atoms with Crippen LogP contribution in [-0.4, -0.2) is 29.4 Å². The Morgan fingerprint density at radius 1 is 1.36 bits per heavy atom. The topological polar surface area (TPSA) is 46.3 Å². The van der Waals surface area contributed by atoms with E-state index in [9.17, 15) is 4.79 Å². The number of benzene rings is 1. The summed E-state index contributed by atoms with van der Waals surface area (Å²) in [5.74, 6) is 0.256. The van der Waals surface area contributed by atoms with Gasteiger partial charge in [-0.25, -0.2) is 0 Å². The predicted molar refractivity (Wildman–Crippen MR) is 94.6 cm³/mol. The number of aryl methyl sites for hydroxylation is 1. The zero-order valence-corrected chi connectivity index (χ0v) is 14.7. The first-order valence-electron chi connectivity index (χ1n) is 7.87. The molecule has 2 rings (SSSR count). The van der Waals surface area contributed by atoms with Crippen molar-refractivity contribution in [3.05, 3.63) is 34.9 Å². The Kier molecular flexibility index (Phi) is 8.23. The molecule has 2 N–H and O–H groups in total. The van der Waals surface area contributed by atoms with Gasteiger partial charge in [0.25, 0.3) is 0 Å². The van der Waals surface area contributed by atoms with Crippen molar-refractivity contribution in [1.82, 2.24) is 4.90 Å². The molecule has 1 aliphatic rings. The molecule has 2 atom stereocenters. The van der Waals surface area contributed by atoms with Crippen molar-refractivity contribution in [2.24, 2.45) is 5.73 Å². The van der Waals surface area contributed by atoms with Crippen LogP contribution in [0.5, 0.6) is 0 Å². The van der Waals surface area contributed by atoms with E-state index in [-0.39, 0.29) is 30.4 Å². The van der Waals surface area contributed by atoms with Gasteiger partial charge in [0.15, 0.2) is 0 Å². The van der Waals surface area contributed by atoms with E-state index in [1.807, 2.05) is 36.1 Å². The van der Waals surface area contributed by atoms with Crippen LogP contribution in [0, 0.1) is 0 Å². The fraction of sp³-hybridized carbons (Fsp3) is 0.588. The third-order valence-corrected chi connectivity index (χ3v) is 4.50. The van der Waals surface area contributed by atoms with E-state index >= 15 is 0 Å². The van der Waals surface area contributed by atoms with Gasteiger partial charge in [-0.15, -0.1) is 12.4 Å². The maximum atomic E-state index is 12.4. The van der Waals surface area contributed by atoms with Crippen LogP contribution in [-0.2, 0) is 11.2 Å². The van der Waals surface area contributed by atoms with E-state index in [1.54, 1.807) is 0 Å². The van der Waals surface area contributed by atoms with E-state index in [4.69, 9.17) is 17.3 Å². The molecule has 0 bridgehead atoms. The van der Waals surface area contributed by atoms with Gasteiger partial charge in [0.05, 0.1) is 0 Å². The SMILES string of the molecule is CC(N)C1CCCCN1C(=O)CCCc1ccc(Cl)cc1.Cl. The molecule has 0 aliphatic carbocycles. The summed E-state index contributed by atoms with van der Waals surface area (Å²) in [7, 11) is 0. The van der Waals surface area contributed by atoms with Gasteiger partial charge in [0, 0.05) is 30.1 Å². The molecular weight excluding hydrogens is 319 g/mol. The average Bonchev–Trinajstić information content (AvgIpc) is 2.49. The Morgan fingerprint density at radius 3 is 2.68 bits per heavy atom. The highest BCUT2D eigenvalue weighted by Crippen LogP contribution is 2.20. The minimum Gasteiger partial charge on any atom is -0.338 e. The number of halogens is 2. The van der Waals surface area contributed by atoms with Crippen LogP contribution in [0.3, 0.4) is 0 Å². The number of amides is 1. The highest BCUT2D eigenvalue weighted by molar-refractivity contribution is 6.30. The van der Waals surface area contributed by atoms with E-state index in [0.29, 0.717) is 6.42 Å². The number of piperidine rings is 1. The van der Waals surface area contributed by atoms with Gasteiger partial charge in [-0.05, 0) is 56.7 Å². The zero-order valence-electron chi connectivity index (χ0n) is 13.1. The molecular formula is C17H26Cl2N2O. The zero-order chi connectivity index (χ0) is 15.2. The number of hydrogen-bond donors (Lipinski definition) is 1. The minimum atomic E-state index is 0. The first-order valence-corrected chi connectivity index (χ1v) is 8.25. The van der Waals surface area contributed by atoms with Crippen LogP contribution in [0.4, 0.5) is 0 Å². The number of carbonyl (C=O) groups excluding carboxylic acids is 1. The van der Waals surface area contributed by atoms with Crippen LogP contribution >= 0.6 is 24.0 Å². The van der Waals surface area contributed by atoms with Gasteiger partial charge in [-0.1, -0.05) is 23.7 Å². The second-order valence-electron chi connectivity index (χ2n) is 5.99. The number of rotatable bonds is 5. The molecule has 124 valence electrons. The lowest BCUT2D eigenvalue weighted by Crippen LogP contribution is -2.51. The van der Waals surface area contributed by atoms with Crippen molar-refractivity contribution < 1.29 is 4.79 Å². The summed E-state index contributed by atoms with van der Waals surface area (Å²) in [6.07, 6.45) is 5.72. The molecule has 5 heteroatoms. The van der Waals surface area contributed by atoms with Crippen LogP contribution in [0.15, 0.2) is 24.3 Å². The second kappa shape index (κ2) is 9.39. The van der Waals surface area contributed by atoms with Crippen molar-refractivity contribution in [2.75, 3.05) is 6.54 Å². The Labute approximate surface area is 144 Å². The molecule has 1 aromatic rings. The lowest BCUT2D eigenvalue weighted by atomic mass is 9.96. The maximum absolute atomic E-state index is 12.4. The summed E-state index contributed by atoms with van der Waals surface area (Å²) in [5.41, 5.74) is 7.25. The van der Waals surface area contributed by atoms with Crippen LogP contribution in [0.1, 0.15) is 44.6 Å². The number of hydrogen-bond acceptors (Lipinski definition) is 2. The Bertz CT molecular complexity index is 462. The highest BCUT2D eigenvalue weighted by atomic mass is 35.5. The summed E-state index contributed by atoms with van der Waals surface area (Å²) in [6, 6.07) is 8.13. The molecule has 0 spiro atoms. The first-order chi connectivity index (χ1) is 10.1. The average molecular weight is 345 g/mol. The Hall–Kier alpha value is -0.770. The van der Waals surface area contributed by atoms with E-state index in [1.165, 1.54) is 12.0 Å². The number of nitrogens with zero attached hydrogens (tertiary/aromatic N) is 1. The van der Waals surface area contributed by atoms with Gasteiger partial charge in [-0.2, -0.15) is 0 Å². The highest BCUT2D eigenvalue weighted by Gasteiger charge is 2.28. The van der Waals surface area contributed by atoms with Gasteiger partial charge in [0.2, 0.25) is 5.91 Å². The molecule has 1 amide bonds. The molecule has 0 aromatic heterocycles. The van der Waals surface area contributed by atoms with Gasteiger partial charge in [-0.3, -0.25) is 4.79 Å². The largest absolute Gasteiger partial charge is 0.338 e. The van der Waals surface area contributed by atoms with Crippen molar-refractivity contribution in [1.29, 1.82) is 0 Å². The smallest absolute Gasteiger partial charge is 0.222 e. The van der Waals surface area contributed by atoms with Crippen molar-refractivity contribution in [2.45, 2.75) is 57.5 Å².